The molecule has 0 radical (unpaired) electrons. The van der Waals surface area contributed by atoms with E-state index in [1.165, 1.54) is 0 Å². The number of anilines is 1. The summed E-state index contributed by atoms with van der Waals surface area (Å²) in [5.74, 6) is -0.0356. The second-order valence-corrected chi connectivity index (χ2v) is 5.91. The summed E-state index contributed by atoms with van der Waals surface area (Å²) >= 11 is 0. The lowest BCUT2D eigenvalue weighted by Crippen LogP contribution is -2.35. The Morgan fingerprint density at radius 3 is 2.46 bits per heavy atom. The lowest BCUT2D eigenvalue weighted by molar-refractivity contribution is -0.112. The van der Waals surface area contributed by atoms with Crippen LogP contribution in [0.25, 0.3) is 0 Å². The molecule has 0 bridgehead atoms. The molecule has 0 spiro atoms. The summed E-state index contributed by atoms with van der Waals surface area (Å²) in [6, 6.07) is 17.9. The van der Waals surface area contributed by atoms with Crippen molar-refractivity contribution in [3.05, 3.63) is 65.7 Å². The Bertz CT molecular complexity index is 767. The van der Waals surface area contributed by atoms with Crippen molar-refractivity contribution >= 4 is 17.3 Å². The van der Waals surface area contributed by atoms with Gasteiger partial charge in [-0.2, -0.15) is 5.10 Å². The minimum Gasteiger partial charge on any atom is -0.378 e. The Hall–Kier alpha value is -2.66. The molecule has 0 unspecified atom stereocenters. The standard InChI is InChI=1S/C19H19N3O2/c23-19-18(20-21-10-12-24-13-11-21)16-8-4-5-9-17(16)22(19)14-15-6-2-1-3-7-15/h1-9H,10-14H2. The fourth-order valence-electron chi connectivity index (χ4n) is 3.08. The van der Waals surface area contributed by atoms with Crippen molar-refractivity contribution in [1.82, 2.24) is 5.01 Å². The molecular formula is C19H19N3O2. The van der Waals surface area contributed by atoms with Crippen LogP contribution in [0.3, 0.4) is 0 Å². The lowest BCUT2D eigenvalue weighted by atomic mass is 10.1. The minimum absolute atomic E-state index is 0.0356. The van der Waals surface area contributed by atoms with E-state index >= 15 is 0 Å². The number of ether oxygens (including phenoxy) is 1. The van der Waals surface area contributed by atoms with Gasteiger partial charge in [0.2, 0.25) is 0 Å². The molecule has 24 heavy (non-hydrogen) atoms. The molecule has 5 heteroatoms. The maximum Gasteiger partial charge on any atom is 0.279 e. The summed E-state index contributed by atoms with van der Waals surface area (Å²) in [4.78, 5) is 14.8. The third-order valence-electron chi connectivity index (χ3n) is 4.31. The van der Waals surface area contributed by atoms with Crippen molar-refractivity contribution in [1.29, 1.82) is 0 Å². The molecule has 0 saturated carbocycles. The number of fused-ring (bicyclic) bond motifs is 1. The summed E-state index contributed by atoms with van der Waals surface area (Å²) < 4.78 is 5.35. The van der Waals surface area contributed by atoms with Crippen molar-refractivity contribution in [2.24, 2.45) is 5.10 Å². The first-order valence-corrected chi connectivity index (χ1v) is 8.19. The van der Waals surface area contributed by atoms with E-state index < -0.39 is 0 Å². The quantitative estimate of drug-likeness (QED) is 0.871. The van der Waals surface area contributed by atoms with E-state index in [1.54, 1.807) is 0 Å². The molecule has 2 heterocycles. The van der Waals surface area contributed by atoms with E-state index in [1.807, 2.05) is 64.5 Å². The first kappa shape index (κ1) is 14.9. The third-order valence-corrected chi connectivity index (χ3v) is 4.31. The normalized spacial score (nSPS) is 19.0. The molecule has 2 aliphatic rings. The fourth-order valence-corrected chi connectivity index (χ4v) is 3.08. The maximum atomic E-state index is 13.0. The van der Waals surface area contributed by atoms with Crippen LogP contribution in [0, 0.1) is 0 Å². The Kier molecular flexibility index (Phi) is 4.01. The van der Waals surface area contributed by atoms with Crippen LogP contribution in [0.5, 0.6) is 0 Å². The highest BCUT2D eigenvalue weighted by molar-refractivity contribution is 6.54. The van der Waals surface area contributed by atoms with Gasteiger partial charge in [0.05, 0.1) is 38.5 Å². The monoisotopic (exact) mass is 321 g/mol. The summed E-state index contributed by atoms with van der Waals surface area (Å²) in [5.41, 5.74) is 3.47. The molecule has 5 nitrogen and oxygen atoms in total. The number of rotatable bonds is 3. The van der Waals surface area contributed by atoms with Gasteiger partial charge in [0.15, 0.2) is 5.71 Å². The van der Waals surface area contributed by atoms with E-state index in [-0.39, 0.29) is 5.91 Å². The van der Waals surface area contributed by atoms with Gasteiger partial charge in [-0.1, -0.05) is 48.5 Å². The number of nitrogens with zero attached hydrogens (tertiary/aromatic N) is 3. The van der Waals surface area contributed by atoms with Gasteiger partial charge in [0, 0.05) is 5.56 Å². The average molecular weight is 321 g/mol. The second-order valence-electron chi connectivity index (χ2n) is 5.91. The molecule has 4 rings (SSSR count). The third kappa shape index (κ3) is 2.78. The van der Waals surface area contributed by atoms with Gasteiger partial charge in [0.25, 0.3) is 5.91 Å². The van der Waals surface area contributed by atoms with Gasteiger partial charge in [-0.05, 0) is 11.6 Å². The SMILES string of the molecule is O=C1C(=NN2CCOCC2)c2ccccc2N1Cc1ccccc1. The molecular weight excluding hydrogens is 302 g/mol. The molecule has 0 N–H and O–H groups in total. The number of morpholine rings is 1. The molecule has 0 aromatic heterocycles. The zero-order valence-electron chi connectivity index (χ0n) is 13.4. The highest BCUT2D eigenvalue weighted by Crippen LogP contribution is 2.30. The summed E-state index contributed by atoms with van der Waals surface area (Å²) in [6.45, 7) is 3.30. The minimum atomic E-state index is -0.0356. The van der Waals surface area contributed by atoms with Crippen LogP contribution in [-0.2, 0) is 16.1 Å². The number of benzene rings is 2. The molecule has 0 atom stereocenters. The maximum absolute atomic E-state index is 13.0. The van der Waals surface area contributed by atoms with Crippen LogP contribution in [0.2, 0.25) is 0 Å². The van der Waals surface area contributed by atoms with Gasteiger partial charge in [-0.3, -0.25) is 9.80 Å². The van der Waals surface area contributed by atoms with Crippen LogP contribution < -0.4 is 4.90 Å². The first-order valence-electron chi connectivity index (χ1n) is 8.19. The summed E-state index contributed by atoms with van der Waals surface area (Å²) in [6.07, 6.45) is 0. The molecule has 1 fully saturated rings. The number of hydrogen-bond donors (Lipinski definition) is 0. The zero-order chi connectivity index (χ0) is 16.4. The number of carbonyl (C=O) groups excluding carboxylic acids is 1. The molecule has 122 valence electrons. The first-order chi connectivity index (χ1) is 11.8. The molecule has 0 aliphatic carbocycles. The Morgan fingerprint density at radius 2 is 1.67 bits per heavy atom. The number of carbonyl (C=O) groups is 1. The van der Waals surface area contributed by atoms with E-state index in [0.29, 0.717) is 25.5 Å². The van der Waals surface area contributed by atoms with E-state index in [2.05, 4.69) is 5.10 Å². The molecule has 2 aliphatic heterocycles. The van der Waals surface area contributed by atoms with Crippen LogP contribution in [0.1, 0.15) is 11.1 Å². The van der Waals surface area contributed by atoms with Gasteiger partial charge in [0.1, 0.15) is 0 Å². The van der Waals surface area contributed by atoms with Gasteiger partial charge >= 0.3 is 0 Å². The van der Waals surface area contributed by atoms with E-state index in [9.17, 15) is 4.79 Å². The highest BCUT2D eigenvalue weighted by Gasteiger charge is 2.34. The predicted octanol–water partition coefficient (Wildman–Crippen LogP) is 2.27. The smallest absolute Gasteiger partial charge is 0.279 e. The highest BCUT2D eigenvalue weighted by atomic mass is 16.5. The number of amides is 1. The van der Waals surface area contributed by atoms with E-state index in [4.69, 9.17) is 4.74 Å². The van der Waals surface area contributed by atoms with Crippen molar-refractivity contribution in [2.45, 2.75) is 6.54 Å². The molecule has 2 aromatic rings. The topological polar surface area (TPSA) is 45.1 Å². The van der Waals surface area contributed by atoms with Gasteiger partial charge < -0.3 is 9.64 Å². The fraction of sp³-hybridized carbons (Fsp3) is 0.263. The largest absolute Gasteiger partial charge is 0.378 e. The summed E-state index contributed by atoms with van der Waals surface area (Å²) in [5, 5.41) is 6.56. The average Bonchev–Trinajstić information content (AvgIpc) is 2.90. The Labute approximate surface area is 141 Å². The van der Waals surface area contributed by atoms with Gasteiger partial charge in [-0.15, -0.1) is 0 Å². The van der Waals surface area contributed by atoms with E-state index in [0.717, 1.165) is 29.9 Å². The molecule has 1 saturated heterocycles. The van der Waals surface area contributed by atoms with Crippen LogP contribution >= 0.6 is 0 Å². The molecule has 2 aromatic carbocycles. The zero-order valence-corrected chi connectivity index (χ0v) is 13.4. The Morgan fingerprint density at radius 1 is 0.958 bits per heavy atom. The predicted molar refractivity (Wildman–Crippen MR) is 93.0 cm³/mol. The van der Waals surface area contributed by atoms with Crippen molar-refractivity contribution < 1.29 is 9.53 Å². The number of hydrazone groups is 1. The van der Waals surface area contributed by atoms with Crippen LogP contribution in [0.4, 0.5) is 5.69 Å². The number of hydrogen-bond acceptors (Lipinski definition) is 4. The lowest BCUT2D eigenvalue weighted by Gasteiger charge is -2.24. The van der Waals surface area contributed by atoms with Crippen LogP contribution in [0.15, 0.2) is 59.7 Å². The van der Waals surface area contributed by atoms with Crippen LogP contribution in [-0.4, -0.2) is 42.9 Å². The summed E-state index contributed by atoms with van der Waals surface area (Å²) in [7, 11) is 0. The molecule has 1 amide bonds. The van der Waals surface area contributed by atoms with Crippen molar-refractivity contribution in [3.63, 3.8) is 0 Å². The Balaban J connectivity index is 1.67. The van der Waals surface area contributed by atoms with Crippen molar-refractivity contribution in [3.8, 4) is 0 Å². The second kappa shape index (κ2) is 6.45. The number of para-hydroxylation sites is 1. The van der Waals surface area contributed by atoms with Gasteiger partial charge in [-0.25, -0.2) is 0 Å². The van der Waals surface area contributed by atoms with Crippen molar-refractivity contribution in [2.75, 3.05) is 31.2 Å².